The smallest absolute Gasteiger partial charge is 0.324 e. The van der Waals surface area contributed by atoms with Crippen LogP contribution in [0.25, 0.3) is 0 Å². The maximum absolute atomic E-state index is 11.3. The van der Waals surface area contributed by atoms with Gasteiger partial charge in [0.15, 0.2) is 0 Å². The molecule has 12 heavy (non-hydrogen) atoms. The van der Waals surface area contributed by atoms with E-state index in [1.54, 1.807) is 0 Å². The molecule has 0 radical (unpaired) electrons. The van der Waals surface area contributed by atoms with Crippen LogP contribution >= 0.6 is 0 Å². The van der Waals surface area contributed by atoms with Crippen molar-refractivity contribution in [2.24, 2.45) is 5.92 Å². The molecule has 1 atom stereocenters. The number of hydrogen-bond donors (Lipinski definition) is 2. The molecule has 3 rings (SSSR count). The largest absolute Gasteiger partial charge is 0.465 e. The van der Waals surface area contributed by atoms with E-state index < -0.39 is 0 Å². The highest BCUT2D eigenvalue weighted by molar-refractivity contribution is 5.76. The molecule has 3 aliphatic rings. The molecule has 0 aromatic carbocycles. The van der Waals surface area contributed by atoms with E-state index in [2.05, 4.69) is 10.9 Å². The first kappa shape index (κ1) is 8.01. The number of esters is 1. The lowest BCUT2D eigenvalue weighted by atomic mass is 9.74. The summed E-state index contributed by atoms with van der Waals surface area (Å²) < 4.78 is 4.93. The summed E-state index contributed by atoms with van der Waals surface area (Å²) in [5.41, 5.74) is 6.07. The van der Waals surface area contributed by atoms with E-state index in [-0.39, 0.29) is 12.0 Å². The number of hydrogen-bond acceptors (Lipinski definition) is 4. The molecular weight excluding hydrogens is 156 g/mol. The summed E-state index contributed by atoms with van der Waals surface area (Å²) in [5.74, 6) is 0.378. The van der Waals surface area contributed by atoms with Gasteiger partial charge in [-0.25, -0.2) is 5.43 Å². The van der Waals surface area contributed by atoms with E-state index in [4.69, 9.17) is 4.74 Å². The van der Waals surface area contributed by atoms with E-state index in [0.717, 1.165) is 12.8 Å². The van der Waals surface area contributed by atoms with Gasteiger partial charge in [-0.1, -0.05) is 0 Å². The Morgan fingerprint density at radius 3 is 2.75 bits per heavy atom. The van der Waals surface area contributed by atoms with Crippen molar-refractivity contribution < 1.29 is 9.53 Å². The number of ether oxygens (including phenoxy) is 1. The molecule has 2 N–H and O–H groups in total. The predicted molar refractivity (Wildman–Crippen MR) is 43.2 cm³/mol. The van der Waals surface area contributed by atoms with Crippen LogP contribution in [0.3, 0.4) is 0 Å². The van der Waals surface area contributed by atoms with Gasteiger partial charge in [0.05, 0.1) is 6.61 Å². The fourth-order valence-electron chi connectivity index (χ4n) is 1.86. The van der Waals surface area contributed by atoms with Gasteiger partial charge in [-0.3, -0.25) is 10.2 Å². The Hall–Kier alpha value is -0.610. The molecule has 2 saturated heterocycles. The van der Waals surface area contributed by atoms with E-state index in [0.29, 0.717) is 18.6 Å². The lowest BCUT2D eigenvalue weighted by Crippen LogP contribution is -2.66. The third kappa shape index (κ3) is 1.21. The molecule has 2 aliphatic heterocycles. The Morgan fingerprint density at radius 2 is 2.25 bits per heavy atom. The summed E-state index contributed by atoms with van der Waals surface area (Å²) in [4.78, 5) is 11.3. The van der Waals surface area contributed by atoms with Crippen LogP contribution in [0.15, 0.2) is 0 Å². The highest BCUT2D eigenvalue weighted by Gasteiger charge is 2.43. The molecule has 2 heterocycles. The second kappa shape index (κ2) is 3.03. The topological polar surface area (TPSA) is 50.4 Å². The summed E-state index contributed by atoms with van der Waals surface area (Å²) >= 11 is 0. The molecule has 4 nitrogen and oxygen atoms in total. The zero-order valence-corrected chi connectivity index (χ0v) is 7.17. The van der Waals surface area contributed by atoms with Crippen LogP contribution in [0.1, 0.15) is 19.8 Å². The van der Waals surface area contributed by atoms with Crippen LogP contribution in [-0.2, 0) is 9.53 Å². The van der Waals surface area contributed by atoms with E-state index >= 15 is 0 Å². The van der Waals surface area contributed by atoms with Gasteiger partial charge in [-0.05, 0) is 25.7 Å². The van der Waals surface area contributed by atoms with Crippen molar-refractivity contribution in [2.45, 2.75) is 31.8 Å². The first-order valence-electron chi connectivity index (χ1n) is 4.49. The first-order chi connectivity index (χ1) is 5.81. The molecular formula is C8H14N2O2. The standard InChI is InChI=1S/C8H14N2O2/c1-2-12-8(11)7-5-3-6(4-5)9-10-7/h5-7,9-10H,2-4H2,1H3/t5?,6?,7-/m0/s1. The molecule has 0 unspecified atom stereocenters. The Balaban J connectivity index is 1.89. The van der Waals surface area contributed by atoms with Crippen LogP contribution in [0, 0.1) is 5.92 Å². The second-order valence-corrected chi connectivity index (χ2v) is 3.45. The fraction of sp³-hybridized carbons (Fsp3) is 0.875. The lowest BCUT2D eigenvalue weighted by Gasteiger charge is -2.46. The third-order valence-electron chi connectivity index (χ3n) is 2.63. The Labute approximate surface area is 71.6 Å². The minimum Gasteiger partial charge on any atom is -0.465 e. The van der Waals surface area contributed by atoms with Crippen molar-refractivity contribution in [1.29, 1.82) is 0 Å². The predicted octanol–water partition coefficient (Wildman–Crippen LogP) is -0.196. The van der Waals surface area contributed by atoms with E-state index in [9.17, 15) is 4.79 Å². The number of nitrogens with one attached hydrogen (secondary N) is 2. The molecule has 4 heteroatoms. The number of hydrazine groups is 1. The summed E-state index contributed by atoms with van der Waals surface area (Å²) in [7, 11) is 0. The van der Waals surface area contributed by atoms with Crippen molar-refractivity contribution in [3.63, 3.8) is 0 Å². The zero-order chi connectivity index (χ0) is 8.55. The van der Waals surface area contributed by atoms with Crippen LogP contribution in [-0.4, -0.2) is 24.7 Å². The SMILES string of the molecule is CCOC(=O)[C@H]1NNC2CC1C2. The second-order valence-electron chi connectivity index (χ2n) is 3.45. The minimum atomic E-state index is -0.117. The van der Waals surface area contributed by atoms with E-state index in [1.165, 1.54) is 0 Å². The maximum Gasteiger partial charge on any atom is 0.324 e. The van der Waals surface area contributed by atoms with Gasteiger partial charge in [-0.15, -0.1) is 0 Å². The summed E-state index contributed by atoms with van der Waals surface area (Å²) in [6, 6.07) is 0.468. The highest BCUT2D eigenvalue weighted by atomic mass is 16.5. The van der Waals surface area contributed by atoms with Crippen LogP contribution in [0.5, 0.6) is 0 Å². The monoisotopic (exact) mass is 170 g/mol. The minimum absolute atomic E-state index is 0.116. The van der Waals surface area contributed by atoms with Gasteiger partial charge in [0.2, 0.25) is 0 Å². The van der Waals surface area contributed by atoms with Crippen LogP contribution in [0.4, 0.5) is 0 Å². The Kier molecular flexibility index (Phi) is 2.02. The lowest BCUT2D eigenvalue weighted by molar-refractivity contribution is -0.151. The van der Waals surface area contributed by atoms with Crippen molar-refractivity contribution >= 4 is 5.97 Å². The Bertz CT molecular complexity index is 187. The molecule has 0 amide bonds. The molecule has 0 aromatic rings. The molecule has 3 fully saturated rings. The van der Waals surface area contributed by atoms with Gasteiger partial charge in [0, 0.05) is 6.04 Å². The number of carbonyl (C=O) groups is 1. The van der Waals surface area contributed by atoms with Crippen molar-refractivity contribution in [2.75, 3.05) is 6.61 Å². The first-order valence-corrected chi connectivity index (χ1v) is 4.49. The third-order valence-corrected chi connectivity index (χ3v) is 2.63. The molecule has 0 spiro atoms. The van der Waals surface area contributed by atoms with Crippen LogP contribution in [0.2, 0.25) is 0 Å². The molecule has 1 saturated carbocycles. The quantitative estimate of drug-likeness (QED) is 0.564. The Morgan fingerprint density at radius 1 is 1.50 bits per heavy atom. The van der Waals surface area contributed by atoms with Gasteiger partial charge < -0.3 is 4.74 Å². The zero-order valence-electron chi connectivity index (χ0n) is 7.17. The molecule has 1 aliphatic carbocycles. The number of rotatable bonds is 2. The van der Waals surface area contributed by atoms with Gasteiger partial charge >= 0.3 is 5.97 Å². The summed E-state index contributed by atoms with van der Waals surface area (Å²) in [5, 5.41) is 0. The highest BCUT2D eigenvalue weighted by Crippen LogP contribution is 2.33. The normalized spacial score (nSPS) is 38.6. The van der Waals surface area contributed by atoms with Gasteiger partial charge in [0.25, 0.3) is 0 Å². The van der Waals surface area contributed by atoms with Crippen molar-refractivity contribution in [3.05, 3.63) is 0 Å². The number of fused-ring (bicyclic) bond motifs is 2. The summed E-state index contributed by atoms with van der Waals surface area (Å²) in [6.07, 6.45) is 2.22. The average Bonchev–Trinajstić information content (AvgIpc) is 2.03. The van der Waals surface area contributed by atoms with Crippen molar-refractivity contribution in [3.8, 4) is 0 Å². The molecule has 0 aromatic heterocycles. The van der Waals surface area contributed by atoms with E-state index in [1.807, 2.05) is 6.92 Å². The van der Waals surface area contributed by atoms with Gasteiger partial charge in [-0.2, -0.15) is 0 Å². The number of carbonyl (C=O) groups excluding carboxylic acids is 1. The van der Waals surface area contributed by atoms with Crippen molar-refractivity contribution in [1.82, 2.24) is 10.9 Å². The van der Waals surface area contributed by atoms with Crippen LogP contribution < -0.4 is 10.9 Å². The average molecular weight is 170 g/mol. The molecule has 68 valence electrons. The molecule has 2 bridgehead atoms. The summed E-state index contributed by atoms with van der Waals surface area (Å²) in [6.45, 7) is 2.30. The maximum atomic E-state index is 11.3. The fourth-order valence-corrected chi connectivity index (χ4v) is 1.86. The van der Waals surface area contributed by atoms with Gasteiger partial charge in [0.1, 0.15) is 6.04 Å².